The Hall–Kier alpha value is -2.68. The zero-order chi connectivity index (χ0) is 47.6. The van der Waals surface area contributed by atoms with Crippen LogP contribution in [-0.2, 0) is 0 Å². The summed E-state index contributed by atoms with van der Waals surface area (Å²) in [5.74, 6) is 1.59. The first-order valence-corrected chi connectivity index (χ1v) is 23.9. The molecule has 2 aromatic carbocycles. The van der Waals surface area contributed by atoms with E-state index in [-0.39, 0.29) is 56.3 Å². The number of benzene rings is 2. The van der Waals surface area contributed by atoms with Gasteiger partial charge in [-0.3, -0.25) is 15.0 Å². The number of β-amino-alcohol motifs (C(OH)–C–C–N with tert-alkyl or cyclic N) is 1. The molecule has 0 bridgehead atoms. The van der Waals surface area contributed by atoms with Gasteiger partial charge in [-0.25, -0.2) is 0 Å². The van der Waals surface area contributed by atoms with Crippen LogP contribution in [0.1, 0.15) is 37.4 Å². The van der Waals surface area contributed by atoms with E-state index in [0.717, 1.165) is 82.5 Å². The molecule has 0 radical (unpaired) electrons. The van der Waals surface area contributed by atoms with Gasteiger partial charge in [-0.2, -0.15) is 0 Å². The van der Waals surface area contributed by atoms with Crippen molar-refractivity contribution in [2.45, 2.75) is 65.0 Å². The molecule has 3 saturated heterocycles. The molecule has 0 saturated carbocycles. The molecule has 348 valence electrons. The van der Waals surface area contributed by atoms with Gasteiger partial charge in [0.25, 0.3) is 0 Å². The molecule has 0 amide bonds. The van der Waals surface area contributed by atoms with E-state index >= 15 is 0 Å². The first kappa shape index (κ1) is 59.4. The quantitative estimate of drug-likeness (QED) is 0.130. The van der Waals surface area contributed by atoms with Gasteiger partial charge < -0.3 is 45.5 Å². The second kappa shape index (κ2) is 33.8. The van der Waals surface area contributed by atoms with Crippen LogP contribution < -0.4 is 39.0 Å². The summed E-state index contributed by atoms with van der Waals surface area (Å²) in [5.41, 5.74) is 3.45. The van der Waals surface area contributed by atoms with Crippen LogP contribution in [-0.4, -0.2) is 128 Å². The van der Waals surface area contributed by atoms with Crippen molar-refractivity contribution in [3.63, 3.8) is 0 Å². The largest absolute Gasteiger partial charge is 1.00 e. The van der Waals surface area contributed by atoms with Crippen molar-refractivity contribution in [3.8, 4) is 11.5 Å². The number of aryl methyl sites for hydroxylation is 1. The monoisotopic (exact) mass is 1100 g/mol. The number of ether oxygens (including phenoxy) is 2. The van der Waals surface area contributed by atoms with E-state index in [0.29, 0.717) is 6.54 Å². The molecule has 0 spiro atoms. The molecule has 4 N–H and O–H groups in total. The van der Waals surface area contributed by atoms with Gasteiger partial charge in [0.05, 0.1) is 18.5 Å². The van der Waals surface area contributed by atoms with Crippen molar-refractivity contribution in [2.24, 2.45) is 0 Å². The number of halogens is 3. The van der Waals surface area contributed by atoms with Crippen LogP contribution in [0.3, 0.4) is 0 Å². The summed E-state index contributed by atoms with van der Waals surface area (Å²) in [4.78, 5) is 17.9. The molecule has 19 heteroatoms. The Morgan fingerprint density at radius 3 is 1.27 bits per heavy atom. The Balaban J connectivity index is 0.000000412. The average molecular weight is 1100 g/mol. The third-order valence-corrected chi connectivity index (χ3v) is 11.3. The van der Waals surface area contributed by atoms with E-state index < -0.39 is 14.1 Å². The maximum absolute atomic E-state index is 9.44. The number of nitrogens with zero attached hydrogens (tertiary/aromatic N) is 6. The molecule has 3 aliphatic rings. The van der Waals surface area contributed by atoms with Crippen LogP contribution in [0.15, 0.2) is 143 Å². The van der Waals surface area contributed by atoms with E-state index in [1.807, 2.05) is 119 Å². The second-order valence-corrected chi connectivity index (χ2v) is 18.2. The number of aliphatic hydroxyl groups is 1. The number of aromatic nitrogens is 3. The Kier molecular flexibility index (Phi) is 30.4. The fraction of sp³-hybridized carbons (Fsp3) is 0.340. The minimum absolute atomic E-state index is 0. The summed E-state index contributed by atoms with van der Waals surface area (Å²) in [6.45, 7) is 19.3. The molecule has 8 rings (SSSR count). The van der Waals surface area contributed by atoms with Crippen LogP contribution in [0.4, 0.5) is 0 Å². The van der Waals surface area contributed by atoms with Crippen LogP contribution >= 0.6 is 47.8 Å². The molecule has 3 atom stereocenters. The van der Waals surface area contributed by atoms with Gasteiger partial charge in [0.1, 0.15) is 23.7 Å². The Labute approximate surface area is 442 Å². The van der Waals surface area contributed by atoms with E-state index in [1.54, 1.807) is 51.5 Å². The van der Waals surface area contributed by atoms with Gasteiger partial charge in [-0.1, -0.05) is 86.0 Å². The molecule has 3 fully saturated rings. The minimum atomic E-state index is -0.401. The maximum atomic E-state index is 9.44. The molecule has 12 nitrogen and oxygen atoms in total. The molecular weight excluding hydrogens is 1040 g/mol. The first-order chi connectivity index (χ1) is 31.1. The van der Waals surface area contributed by atoms with Gasteiger partial charge in [-0.15, -0.1) is 0 Å². The molecule has 66 heavy (non-hydrogen) atoms. The number of pyridine rings is 3. The van der Waals surface area contributed by atoms with Gasteiger partial charge in [0, 0.05) is 57.8 Å². The van der Waals surface area contributed by atoms with E-state index in [9.17, 15) is 10.0 Å². The van der Waals surface area contributed by atoms with Gasteiger partial charge >= 0.3 is 50.7 Å². The molecule has 5 aromatic rings. The summed E-state index contributed by atoms with van der Waals surface area (Å²) in [7, 11) is -1.18. The van der Waals surface area contributed by atoms with Crippen LogP contribution in [0.5, 0.6) is 11.5 Å². The number of hydrogen-bond acceptors (Lipinski definition) is 12. The van der Waals surface area contributed by atoms with Gasteiger partial charge in [0.15, 0.2) is 0 Å². The van der Waals surface area contributed by atoms with Crippen molar-refractivity contribution in [1.82, 2.24) is 29.4 Å². The van der Waals surface area contributed by atoms with Crippen LogP contribution in [0.25, 0.3) is 12.2 Å². The Morgan fingerprint density at radius 2 is 0.970 bits per heavy atom. The zero-order valence-electron chi connectivity index (χ0n) is 39.8. The minimum Gasteiger partial charge on any atom is -1.00 e. The van der Waals surface area contributed by atoms with Crippen molar-refractivity contribution in [2.75, 3.05) is 39.3 Å². The van der Waals surface area contributed by atoms with E-state index in [2.05, 4.69) is 75.9 Å². The molecule has 0 aliphatic carbocycles. The summed E-state index contributed by atoms with van der Waals surface area (Å²) in [6, 6.07) is 25.9. The number of aliphatic hydroxyl groups excluding tert-OH is 1. The first-order valence-electron chi connectivity index (χ1n) is 21.6. The predicted molar refractivity (Wildman–Crippen MR) is 280 cm³/mol. The van der Waals surface area contributed by atoms with Crippen LogP contribution in [0.2, 0.25) is 20.5 Å². The zero-order valence-corrected chi connectivity index (χ0v) is 45.5. The normalized spacial score (nSPS) is 17.3. The molecule has 0 unspecified atom stereocenters. The third-order valence-electron chi connectivity index (χ3n) is 10.0. The fourth-order valence-electron chi connectivity index (χ4n) is 6.48. The van der Waals surface area contributed by atoms with Crippen molar-refractivity contribution in [3.05, 3.63) is 159 Å². The van der Waals surface area contributed by atoms with Crippen molar-refractivity contribution >= 4 is 81.1 Å². The maximum Gasteiger partial charge on any atom is 1.00 e. The summed E-state index contributed by atoms with van der Waals surface area (Å²) >= 11 is 9.89. The Bertz CT molecular complexity index is 1970. The fourth-order valence-corrected chi connectivity index (χ4v) is 7.86. The molecule has 3 aromatic heterocycles. The van der Waals surface area contributed by atoms with Crippen molar-refractivity contribution < 1.29 is 60.6 Å². The molecule has 3 aliphatic heterocycles. The third kappa shape index (κ3) is 25.1. The summed E-state index contributed by atoms with van der Waals surface area (Å²) in [6.07, 6.45) is 16.9. The molecular formula is C47H63B3Br3N6NaO6. The number of hydrogen-bond donors (Lipinski definition) is 4. The topological polar surface area (TPSA) is 148 Å². The second-order valence-electron chi connectivity index (χ2n) is 15.5. The average Bonchev–Trinajstić information content (AvgIpc) is 4.08. The van der Waals surface area contributed by atoms with Crippen molar-refractivity contribution in [1.29, 1.82) is 0 Å². The smallest absolute Gasteiger partial charge is 1.00 e. The summed E-state index contributed by atoms with van der Waals surface area (Å²) in [5, 5.41) is 36.8. The van der Waals surface area contributed by atoms with Crippen LogP contribution in [0, 0.1) is 6.92 Å². The SMILES string of the molecule is Brc1cncc(Br)c1.C=Cc1ccccc1.C=Cc1ccccc1.CB(O)N1CC[C@@H](O)C1.CB(O)N1CC[C@@H](Oc2cncc(Br)c2)C1.CB(O)N1CC[C@@H](Oc2cncc(C)c2)C1.[H-].[Na+]. The van der Waals surface area contributed by atoms with E-state index in [4.69, 9.17) is 19.6 Å². The molecule has 6 heterocycles. The van der Waals surface area contributed by atoms with E-state index in [1.165, 1.54) is 11.1 Å². The Morgan fingerprint density at radius 1 is 0.591 bits per heavy atom. The van der Waals surface area contributed by atoms with Gasteiger partial charge in [-0.05, 0) is 149 Å². The standard InChI is InChI=1S/C11H17BN2O2.C10H14BBrN2O2.2C8H8.C5H12BNO2.C5H3Br2N.Na.H/c1-9-5-11(7-13-6-9)16-10-3-4-14(8-10)12(2)15;1-11(15)14-3-2-9(7-14)16-10-4-8(12)5-13-6-10;2*1-2-8-6-4-3-5-7-8;1-6(9)7-3-2-5(8)4-7;6-4-1-5(7)3-8-2-4;;/h5-7,10,15H,3-4,8H2,1-2H3;4-6,9,15H,2-3,7H2,1H3;2*2-7H,1H2;5,8-9H,2-4H2,1H3;1-3H;;/q;;;;;;+1;-1/t10-;9-;;;5-;;;/m11..1.../s1. The number of rotatable bonds is 9. The van der Waals surface area contributed by atoms with Gasteiger partial charge in [0.2, 0.25) is 0 Å². The predicted octanol–water partition coefficient (Wildman–Crippen LogP) is 5.91. The summed E-state index contributed by atoms with van der Waals surface area (Å²) < 4.78 is 14.5.